The number of aromatic nitrogens is 7. The smallest absolute Gasteiger partial charge is 0.249 e. The summed E-state index contributed by atoms with van der Waals surface area (Å²) in [6.45, 7) is 4.55. The van der Waals surface area contributed by atoms with E-state index in [2.05, 4.69) is 42.7 Å². The highest BCUT2D eigenvalue weighted by molar-refractivity contribution is 6.01. The lowest BCUT2D eigenvalue weighted by Gasteiger charge is -2.42. The van der Waals surface area contributed by atoms with E-state index in [0.717, 1.165) is 74.3 Å². The molecule has 5 aliphatic rings. The molecule has 0 bridgehead atoms. The molecule has 18 heteroatoms. The number of benzene rings is 1. The maximum Gasteiger partial charge on any atom is 0.249 e. The average Bonchev–Trinajstić information content (AvgIpc) is 4.09. The van der Waals surface area contributed by atoms with Crippen molar-refractivity contribution >= 4 is 34.5 Å². The van der Waals surface area contributed by atoms with Crippen LogP contribution in [-0.2, 0) is 26.5 Å². The summed E-state index contributed by atoms with van der Waals surface area (Å²) in [6, 6.07) is 12.6. The fourth-order valence-corrected chi connectivity index (χ4v) is 10.5. The van der Waals surface area contributed by atoms with Gasteiger partial charge in [-0.3, -0.25) is 29.5 Å². The maximum atomic E-state index is 15.4. The molecule has 65 heavy (non-hydrogen) atoms. The Kier molecular flexibility index (Phi) is 10.5. The molecule has 1 aromatic carbocycles. The molecule has 332 valence electrons. The molecule has 16 nitrogen and oxygen atoms in total. The first-order valence-electron chi connectivity index (χ1n) is 22.4. The SMILES string of the molecule is N#Cc1cnn2cc(-c3cnn(C4CCC(N5CCN(c6c(F)cc(N[C@@H]7CCC(=O)NC7=O)cc6F)CC5)CC4)c3)nc(-c3ccc(N4CCC5(CC4)OCc4cccnc45)nc3)c12. The predicted octanol–water partition coefficient (Wildman–Crippen LogP) is 5.75. The number of ether oxygens (including phenoxy) is 1. The van der Waals surface area contributed by atoms with Crippen LogP contribution in [0.1, 0.15) is 74.2 Å². The van der Waals surface area contributed by atoms with Gasteiger partial charge in [-0.25, -0.2) is 23.3 Å². The number of pyridine rings is 2. The summed E-state index contributed by atoms with van der Waals surface area (Å²) >= 11 is 0. The van der Waals surface area contributed by atoms with E-state index in [9.17, 15) is 14.9 Å². The van der Waals surface area contributed by atoms with Gasteiger partial charge >= 0.3 is 0 Å². The lowest BCUT2D eigenvalue weighted by Crippen LogP contribution is -2.51. The number of amides is 2. The van der Waals surface area contributed by atoms with Crippen molar-refractivity contribution in [2.24, 2.45) is 0 Å². The average molecular weight is 880 g/mol. The second-order valence-electron chi connectivity index (χ2n) is 17.8. The van der Waals surface area contributed by atoms with Crippen LogP contribution in [0, 0.1) is 23.0 Å². The van der Waals surface area contributed by atoms with E-state index in [-0.39, 0.29) is 41.8 Å². The monoisotopic (exact) mass is 879 g/mol. The summed E-state index contributed by atoms with van der Waals surface area (Å²) in [5.41, 5.74) is 5.98. The second kappa shape index (κ2) is 16.6. The third-order valence-electron chi connectivity index (χ3n) is 14.0. The van der Waals surface area contributed by atoms with Crippen molar-refractivity contribution in [2.45, 2.75) is 81.7 Å². The number of nitrogens with one attached hydrogen (secondary N) is 2. The minimum absolute atomic E-state index is 0.0589. The maximum absolute atomic E-state index is 15.4. The number of anilines is 3. The number of nitriles is 1. The Morgan fingerprint density at radius 1 is 0.846 bits per heavy atom. The first kappa shape index (κ1) is 40.9. The molecule has 4 fully saturated rings. The number of piperazine rings is 1. The molecule has 6 aromatic rings. The van der Waals surface area contributed by atoms with E-state index in [1.807, 2.05) is 53.9 Å². The highest BCUT2D eigenvalue weighted by Gasteiger charge is 2.44. The van der Waals surface area contributed by atoms with Crippen LogP contribution in [0.25, 0.3) is 28.0 Å². The standard InChI is InChI=1S/C47H47F2N13O3/c48-36-20-33(55-38-8-10-41(63)57-46(38)64)21-37(49)44(36)60-18-16-58(17-19-60)34-4-6-35(7-5-34)61-26-32(25-53-61)39-27-62-43(31(22-50)24-54-62)42(56-39)29-3-9-40(52-23-29)59-14-11-47(12-15-59)45-30(28-65-47)2-1-13-51-45/h1-3,9,13,20-21,23-27,34-35,38,55H,4-8,10-12,14-19,28H2,(H,57,63,64)/t34?,35?,38-/m1/s1. The predicted molar refractivity (Wildman–Crippen MR) is 236 cm³/mol. The van der Waals surface area contributed by atoms with Gasteiger partial charge < -0.3 is 19.9 Å². The summed E-state index contributed by atoms with van der Waals surface area (Å²) in [7, 11) is 0. The van der Waals surface area contributed by atoms with E-state index in [1.54, 1.807) is 15.6 Å². The largest absolute Gasteiger partial charge is 0.373 e. The molecule has 0 unspecified atom stereocenters. The summed E-state index contributed by atoms with van der Waals surface area (Å²) in [5.74, 6) is -1.35. The highest BCUT2D eigenvalue weighted by atomic mass is 19.1. The Balaban J connectivity index is 0.723. The van der Waals surface area contributed by atoms with Gasteiger partial charge in [-0.2, -0.15) is 15.5 Å². The summed E-state index contributed by atoms with van der Waals surface area (Å²) in [4.78, 5) is 44.8. The Labute approximate surface area is 373 Å². The number of hydrogen-bond donors (Lipinski definition) is 2. The Morgan fingerprint density at radius 2 is 1.63 bits per heavy atom. The van der Waals surface area contributed by atoms with Gasteiger partial charge in [0.2, 0.25) is 11.8 Å². The number of piperidine rings is 2. The fourth-order valence-electron chi connectivity index (χ4n) is 10.5. The molecule has 4 aliphatic heterocycles. The first-order valence-corrected chi connectivity index (χ1v) is 22.4. The van der Waals surface area contributed by atoms with Crippen molar-refractivity contribution in [1.82, 2.24) is 44.6 Å². The van der Waals surface area contributed by atoms with Gasteiger partial charge in [0.1, 0.15) is 40.3 Å². The van der Waals surface area contributed by atoms with Crippen LogP contribution in [0.5, 0.6) is 0 Å². The number of nitrogens with zero attached hydrogens (tertiary/aromatic N) is 11. The van der Waals surface area contributed by atoms with Crippen LogP contribution >= 0.6 is 0 Å². The van der Waals surface area contributed by atoms with Crippen molar-refractivity contribution in [3.63, 3.8) is 0 Å². The summed E-state index contributed by atoms with van der Waals surface area (Å²) in [6.07, 6.45) is 16.9. The number of carbonyl (C=O) groups is 2. The van der Waals surface area contributed by atoms with Crippen molar-refractivity contribution in [1.29, 1.82) is 5.26 Å². The van der Waals surface area contributed by atoms with Crippen molar-refractivity contribution < 1.29 is 23.1 Å². The second-order valence-corrected chi connectivity index (χ2v) is 17.8. The van der Waals surface area contributed by atoms with Crippen molar-refractivity contribution in [2.75, 3.05) is 54.4 Å². The Hall–Kier alpha value is -6.84. The van der Waals surface area contributed by atoms with Gasteiger partial charge in [0.15, 0.2) is 11.6 Å². The van der Waals surface area contributed by atoms with Gasteiger partial charge in [-0.1, -0.05) is 6.07 Å². The zero-order valence-corrected chi connectivity index (χ0v) is 35.7. The third kappa shape index (κ3) is 7.61. The van der Waals surface area contributed by atoms with Crippen molar-refractivity contribution in [3.8, 4) is 28.6 Å². The van der Waals surface area contributed by atoms with Gasteiger partial charge in [-0.05, 0) is 75.3 Å². The molecule has 5 aromatic heterocycles. The molecule has 2 N–H and O–H groups in total. The number of imide groups is 1. The van der Waals surface area contributed by atoms with Gasteiger partial charge in [0, 0.05) is 92.7 Å². The van der Waals surface area contributed by atoms with Crippen LogP contribution in [0.4, 0.5) is 26.0 Å². The van der Waals surface area contributed by atoms with E-state index in [1.165, 1.54) is 17.7 Å². The molecule has 9 heterocycles. The molecule has 11 rings (SSSR count). The quantitative estimate of drug-likeness (QED) is 0.177. The molecule has 1 atom stereocenters. The topological polar surface area (TPSA) is 175 Å². The number of hydrogen-bond acceptors (Lipinski definition) is 13. The van der Waals surface area contributed by atoms with Crippen LogP contribution < -0.4 is 20.4 Å². The van der Waals surface area contributed by atoms with Crippen LogP contribution in [0.2, 0.25) is 0 Å². The van der Waals surface area contributed by atoms with Crippen LogP contribution in [-0.4, -0.2) is 102 Å². The van der Waals surface area contributed by atoms with Gasteiger partial charge in [-0.15, -0.1) is 0 Å². The van der Waals surface area contributed by atoms with Crippen LogP contribution in [0.15, 0.2) is 73.6 Å². The molecule has 1 spiro atoms. The molecule has 2 amide bonds. The number of rotatable bonds is 8. The lowest BCUT2D eigenvalue weighted by atomic mass is 9.87. The molecular formula is C47H47F2N13O3. The lowest BCUT2D eigenvalue weighted by molar-refractivity contribution is -0.133. The minimum atomic E-state index is -0.729. The normalized spacial score (nSPS) is 22.3. The molecule has 0 radical (unpaired) electrons. The first-order chi connectivity index (χ1) is 31.7. The van der Waals surface area contributed by atoms with Gasteiger partial charge in [0.25, 0.3) is 0 Å². The highest BCUT2D eigenvalue weighted by Crippen LogP contribution is 2.44. The molecule has 3 saturated heterocycles. The van der Waals surface area contributed by atoms with Gasteiger partial charge in [0.05, 0.1) is 48.3 Å². The van der Waals surface area contributed by atoms with Crippen LogP contribution in [0.3, 0.4) is 0 Å². The van der Waals surface area contributed by atoms with E-state index in [0.29, 0.717) is 61.3 Å². The molecule has 1 saturated carbocycles. The molecular weight excluding hydrogens is 833 g/mol. The summed E-state index contributed by atoms with van der Waals surface area (Å²) in [5, 5.41) is 24.5. The third-order valence-corrected chi connectivity index (χ3v) is 14.0. The number of halogens is 2. The number of carbonyl (C=O) groups excluding carboxylic acids is 2. The zero-order valence-electron chi connectivity index (χ0n) is 35.7. The van der Waals surface area contributed by atoms with E-state index >= 15 is 8.78 Å². The zero-order chi connectivity index (χ0) is 44.2. The van der Waals surface area contributed by atoms with E-state index < -0.39 is 23.6 Å². The van der Waals surface area contributed by atoms with Crippen molar-refractivity contribution in [3.05, 3.63) is 102 Å². The Morgan fingerprint density at radius 3 is 2.37 bits per heavy atom. The number of fused-ring (bicyclic) bond motifs is 3. The minimum Gasteiger partial charge on any atom is -0.373 e. The fraction of sp³-hybridized carbons (Fsp3) is 0.404. The van der Waals surface area contributed by atoms with E-state index in [4.69, 9.17) is 19.8 Å². The summed E-state index contributed by atoms with van der Waals surface area (Å²) < 4.78 is 40.8. The Bertz CT molecular complexity index is 2810. The molecule has 1 aliphatic carbocycles.